The summed E-state index contributed by atoms with van der Waals surface area (Å²) in [7, 11) is 0. The first-order chi connectivity index (χ1) is 20.2. The van der Waals surface area contributed by atoms with Crippen LogP contribution >= 0.6 is 0 Å². The van der Waals surface area contributed by atoms with E-state index in [4.69, 9.17) is 9.47 Å². The molecule has 0 spiro atoms. The molecule has 0 heterocycles. The van der Waals surface area contributed by atoms with Gasteiger partial charge in [0.25, 0.3) is 0 Å². The van der Waals surface area contributed by atoms with Crippen LogP contribution in [-0.2, 0) is 17.6 Å². The number of carbonyl (C=O) groups is 1. The molecule has 0 saturated carbocycles. The van der Waals surface area contributed by atoms with Gasteiger partial charge in [0.05, 0.1) is 25.0 Å². The van der Waals surface area contributed by atoms with E-state index in [1.807, 2.05) is 27.7 Å². The lowest BCUT2D eigenvalue weighted by molar-refractivity contribution is -0.120. The number of ketones is 1. The number of Topliss-reactive ketones (excluding diaryl/α,β-unsaturated/α-hetero) is 1. The van der Waals surface area contributed by atoms with Crippen LogP contribution in [0.15, 0.2) is 72.8 Å². The van der Waals surface area contributed by atoms with Crippen molar-refractivity contribution in [1.82, 2.24) is 0 Å². The van der Waals surface area contributed by atoms with E-state index in [2.05, 4.69) is 0 Å². The highest BCUT2D eigenvalue weighted by molar-refractivity contribution is 5.98. The fourth-order valence-corrected chi connectivity index (χ4v) is 5.32. The summed E-state index contributed by atoms with van der Waals surface area (Å²) in [6.45, 7) is 8.51. The number of ether oxygens (including phenoxy) is 2. The fraction of sp³-hybridized carbons (Fsp3) is 0.286. The first-order valence-corrected chi connectivity index (χ1v) is 14.3. The molecule has 42 heavy (non-hydrogen) atoms. The molecule has 0 fully saturated rings. The van der Waals surface area contributed by atoms with Crippen molar-refractivity contribution in [2.45, 2.75) is 52.4 Å². The number of phenolic OH excluding ortho intramolecular Hbond substituents is 4. The second-order valence-corrected chi connectivity index (χ2v) is 10.1. The van der Waals surface area contributed by atoms with Gasteiger partial charge >= 0.3 is 0 Å². The fourth-order valence-electron chi connectivity index (χ4n) is 5.32. The number of hydrogen-bond acceptors (Lipinski definition) is 7. The number of aromatic hydroxyl groups is 4. The highest BCUT2D eigenvalue weighted by Crippen LogP contribution is 2.44. The molecule has 2 atom stereocenters. The molecule has 0 aliphatic heterocycles. The van der Waals surface area contributed by atoms with Crippen molar-refractivity contribution in [3.05, 3.63) is 106 Å². The Hall–Kier alpha value is -4.65. The molecule has 0 aliphatic rings. The summed E-state index contributed by atoms with van der Waals surface area (Å²) in [6, 6.07) is 20.1. The standard InChI is InChI=1S/C35H38O7/c1-5-21-17-27(31(38)19-29(21)36)33(23-9-13-25(14-10-23)41-7-3)35(40)34(24-11-15-26(16-12-24)42-8-4)28-18-22(6-2)30(37)20-32(28)39/h9-20,33-34,36-39H,5-8H2,1-4H3. The van der Waals surface area contributed by atoms with Crippen LogP contribution in [0, 0.1) is 0 Å². The van der Waals surface area contributed by atoms with Crippen LogP contribution in [0.4, 0.5) is 0 Å². The summed E-state index contributed by atoms with van der Waals surface area (Å²) in [5.74, 6) is -1.51. The third kappa shape index (κ3) is 6.30. The number of benzene rings is 4. The van der Waals surface area contributed by atoms with Gasteiger partial charge in [-0.1, -0.05) is 38.1 Å². The molecule has 220 valence electrons. The third-order valence-electron chi connectivity index (χ3n) is 7.46. The molecule has 2 unspecified atom stereocenters. The average molecular weight is 571 g/mol. The van der Waals surface area contributed by atoms with E-state index < -0.39 is 11.8 Å². The van der Waals surface area contributed by atoms with Gasteiger partial charge in [0, 0.05) is 23.3 Å². The Balaban J connectivity index is 1.97. The minimum absolute atomic E-state index is 0.0523. The highest BCUT2D eigenvalue weighted by Gasteiger charge is 2.35. The Labute approximate surface area is 246 Å². The van der Waals surface area contributed by atoms with E-state index in [0.29, 0.717) is 70.9 Å². The van der Waals surface area contributed by atoms with E-state index in [-0.39, 0.29) is 28.8 Å². The van der Waals surface area contributed by atoms with Gasteiger partial charge in [-0.25, -0.2) is 0 Å². The van der Waals surface area contributed by atoms with Gasteiger partial charge in [-0.3, -0.25) is 4.79 Å². The molecule has 4 aromatic rings. The molecule has 4 rings (SSSR count). The second-order valence-electron chi connectivity index (χ2n) is 10.1. The number of carbonyl (C=O) groups excluding carboxylic acids is 1. The lowest BCUT2D eigenvalue weighted by Crippen LogP contribution is -2.23. The topological polar surface area (TPSA) is 116 Å². The van der Waals surface area contributed by atoms with Crippen LogP contribution < -0.4 is 9.47 Å². The van der Waals surface area contributed by atoms with E-state index in [0.717, 1.165) is 0 Å². The van der Waals surface area contributed by atoms with Gasteiger partial charge in [0.2, 0.25) is 0 Å². The highest BCUT2D eigenvalue weighted by atomic mass is 16.5. The molecule has 0 aromatic heterocycles. The molecule has 0 bridgehead atoms. The molecule has 7 nitrogen and oxygen atoms in total. The summed E-state index contributed by atoms with van der Waals surface area (Å²) in [4.78, 5) is 14.9. The summed E-state index contributed by atoms with van der Waals surface area (Å²) in [5.41, 5.74) is 3.06. The smallest absolute Gasteiger partial charge is 0.156 e. The summed E-state index contributed by atoms with van der Waals surface area (Å²) in [5, 5.41) is 43.0. The van der Waals surface area contributed by atoms with Crippen molar-refractivity contribution in [1.29, 1.82) is 0 Å². The lowest BCUT2D eigenvalue weighted by Gasteiger charge is -2.26. The van der Waals surface area contributed by atoms with Gasteiger partial charge in [-0.15, -0.1) is 0 Å². The number of phenols is 4. The normalized spacial score (nSPS) is 12.5. The van der Waals surface area contributed by atoms with Crippen molar-refractivity contribution in [3.8, 4) is 34.5 Å². The van der Waals surface area contributed by atoms with Crippen molar-refractivity contribution >= 4 is 5.78 Å². The molecular formula is C35H38O7. The summed E-state index contributed by atoms with van der Waals surface area (Å²) >= 11 is 0. The Morgan fingerprint density at radius 2 is 0.929 bits per heavy atom. The van der Waals surface area contributed by atoms with Crippen LogP contribution in [0.3, 0.4) is 0 Å². The maximum atomic E-state index is 14.9. The number of aryl methyl sites for hydroxylation is 2. The zero-order valence-electron chi connectivity index (χ0n) is 24.4. The monoisotopic (exact) mass is 570 g/mol. The molecule has 0 radical (unpaired) electrons. The van der Waals surface area contributed by atoms with Crippen LogP contribution in [0.1, 0.15) is 72.9 Å². The Bertz CT molecular complexity index is 1410. The van der Waals surface area contributed by atoms with E-state index in [1.165, 1.54) is 12.1 Å². The molecule has 0 amide bonds. The molecule has 7 heteroatoms. The van der Waals surface area contributed by atoms with Crippen LogP contribution in [0.2, 0.25) is 0 Å². The molecule has 4 N–H and O–H groups in total. The summed E-state index contributed by atoms with van der Waals surface area (Å²) < 4.78 is 11.2. The van der Waals surface area contributed by atoms with Gasteiger partial charge in [-0.2, -0.15) is 0 Å². The minimum Gasteiger partial charge on any atom is -0.508 e. The second kappa shape index (κ2) is 13.3. The van der Waals surface area contributed by atoms with Crippen LogP contribution in [0.25, 0.3) is 0 Å². The first-order valence-electron chi connectivity index (χ1n) is 14.3. The Kier molecular flexibility index (Phi) is 9.63. The van der Waals surface area contributed by atoms with E-state index >= 15 is 0 Å². The van der Waals surface area contributed by atoms with Crippen LogP contribution in [-0.4, -0.2) is 39.4 Å². The van der Waals surface area contributed by atoms with Crippen molar-refractivity contribution in [2.75, 3.05) is 13.2 Å². The average Bonchev–Trinajstić information content (AvgIpc) is 2.97. The molecule has 0 saturated heterocycles. The van der Waals surface area contributed by atoms with E-state index in [9.17, 15) is 25.2 Å². The van der Waals surface area contributed by atoms with E-state index in [1.54, 1.807) is 60.7 Å². The van der Waals surface area contributed by atoms with Gasteiger partial charge in [-0.05, 0) is 85.3 Å². The Morgan fingerprint density at radius 3 is 1.24 bits per heavy atom. The van der Waals surface area contributed by atoms with Crippen molar-refractivity contribution < 1.29 is 34.7 Å². The molecule has 0 aliphatic carbocycles. The minimum atomic E-state index is -0.971. The van der Waals surface area contributed by atoms with Gasteiger partial charge in [0.15, 0.2) is 5.78 Å². The maximum Gasteiger partial charge on any atom is 0.156 e. The number of hydrogen-bond donors (Lipinski definition) is 4. The maximum absolute atomic E-state index is 14.9. The van der Waals surface area contributed by atoms with Crippen molar-refractivity contribution in [3.63, 3.8) is 0 Å². The van der Waals surface area contributed by atoms with Crippen molar-refractivity contribution in [2.24, 2.45) is 0 Å². The third-order valence-corrected chi connectivity index (χ3v) is 7.46. The largest absolute Gasteiger partial charge is 0.508 e. The zero-order chi connectivity index (χ0) is 30.4. The molecule has 4 aromatic carbocycles. The number of rotatable bonds is 12. The zero-order valence-corrected chi connectivity index (χ0v) is 24.4. The first kappa shape index (κ1) is 30.3. The molecular weight excluding hydrogens is 532 g/mol. The predicted octanol–water partition coefficient (Wildman–Crippen LogP) is 6.96. The SMILES string of the molecule is CCOc1ccc(C(C(=O)C(c2ccc(OCC)cc2)c2cc(CC)c(O)cc2O)c2cc(CC)c(O)cc2O)cc1. The van der Waals surface area contributed by atoms with Gasteiger partial charge in [0.1, 0.15) is 34.5 Å². The van der Waals surface area contributed by atoms with Gasteiger partial charge < -0.3 is 29.9 Å². The summed E-state index contributed by atoms with van der Waals surface area (Å²) in [6.07, 6.45) is 0.981. The van der Waals surface area contributed by atoms with Crippen LogP contribution in [0.5, 0.6) is 34.5 Å². The Morgan fingerprint density at radius 1 is 0.571 bits per heavy atom. The quantitative estimate of drug-likeness (QED) is 0.145. The lowest BCUT2D eigenvalue weighted by atomic mass is 9.76. The predicted molar refractivity (Wildman–Crippen MR) is 162 cm³/mol.